The number of para-hydroxylation sites is 1. The second-order valence-electron chi connectivity index (χ2n) is 4.74. The lowest BCUT2D eigenvalue weighted by Crippen LogP contribution is -1.90. The van der Waals surface area contributed by atoms with Gasteiger partial charge in [-0.15, -0.1) is 0 Å². The third-order valence-electron chi connectivity index (χ3n) is 3.17. The molecule has 102 valence electrons. The summed E-state index contributed by atoms with van der Waals surface area (Å²) in [5.74, 6) is 1.12. The molecule has 2 heterocycles. The van der Waals surface area contributed by atoms with Crippen LogP contribution in [0.5, 0.6) is 0 Å². The monoisotopic (exact) mass is 287 g/mol. The molecule has 0 N–H and O–H groups in total. The Kier molecular flexibility index (Phi) is 3.40. The lowest BCUT2D eigenvalue weighted by molar-refractivity contribution is 0.378. The average Bonchev–Trinajstić information content (AvgIpc) is 2.88. The number of aromatic nitrogens is 3. The summed E-state index contributed by atoms with van der Waals surface area (Å²) in [6, 6.07) is 7.97. The van der Waals surface area contributed by atoms with Crippen molar-refractivity contribution >= 4 is 22.5 Å². The Morgan fingerprint density at radius 3 is 2.90 bits per heavy atom. The molecular formula is C15H14ClN3O. The molecule has 1 aromatic carbocycles. The summed E-state index contributed by atoms with van der Waals surface area (Å²) in [4.78, 5) is 8.81. The summed E-state index contributed by atoms with van der Waals surface area (Å²) in [5.41, 5.74) is 2.70. The van der Waals surface area contributed by atoms with Crippen LogP contribution in [0.3, 0.4) is 0 Å². The van der Waals surface area contributed by atoms with Crippen LogP contribution in [-0.4, -0.2) is 15.1 Å². The van der Waals surface area contributed by atoms with Gasteiger partial charge < -0.3 is 4.52 Å². The van der Waals surface area contributed by atoms with Gasteiger partial charge in [-0.3, -0.25) is 0 Å². The van der Waals surface area contributed by atoms with Crippen LogP contribution < -0.4 is 0 Å². The van der Waals surface area contributed by atoms with E-state index in [1.807, 2.05) is 31.2 Å². The van der Waals surface area contributed by atoms with Crippen molar-refractivity contribution in [2.45, 2.75) is 26.7 Å². The van der Waals surface area contributed by atoms with Crippen molar-refractivity contribution in [3.8, 4) is 11.4 Å². The Bertz CT molecular complexity index is 767. The van der Waals surface area contributed by atoms with Gasteiger partial charge in [-0.1, -0.05) is 41.9 Å². The van der Waals surface area contributed by atoms with Crippen LogP contribution >= 0.6 is 11.6 Å². The van der Waals surface area contributed by atoms with Crippen LogP contribution in [0.1, 0.15) is 24.8 Å². The van der Waals surface area contributed by atoms with E-state index in [4.69, 9.17) is 16.1 Å². The van der Waals surface area contributed by atoms with Crippen molar-refractivity contribution < 1.29 is 4.52 Å². The second-order valence-corrected chi connectivity index (χ2v) is 5.09. The minimum absolute atomic E-state index is 0.399. The summed E-state index contributed by atoms with van der Waals surface area (Å²) < 4.78 is 5.20. The number of nitrogens with zero attached hydrogens (tertiary/aromatic N) is 3. The first-order chi connectivity index (χ1) is 9.69. The molecule has 0 amide bonds. The number of aryl methyl sites for hydroxylation is 2. The number of rotatable bonds is 3. The van der Waals surface area contributed by atoms with Crippen LogP contribution in [0.15, 0.2) is 28.8 Å². The molecular weight excluding hydrogens is 274 g/mol. The Labute approximate surface area is 121 Å². The van der Waals surface area contributed by atoms with E-state index in [9.17, 15) is 0 Å². The van der Waals surface area contributed by atoms with Crippen molar-refractivity contribution in [2.24, 2.45) is 0 Å². The average molecular weight is 288 g/mol. The highest BCUT2D eigenvalue weighted by Gasteiger charge is 2.14. The Balaban J connectivity index is 2.13. The molecule has 0 aliphatic carbocycles. The molecule has 5 heteroatoms. The summed E-state index contributed by atoms with van der Waals surface area (Å²) in [5, 5.41) is 5.40. The van der Waals surface area contributed by atoms with E-state index in [-0.39, 0.29) is 0 Å². The molecule has 0 atom stereocenters. The molecule has 20 heavy (non-hydrogen) atoms. The molecule has 0 saturated heterocycles. The van der Waals surface area contributed by atoms with E-state index >= 15 is 0 Å². The SMILES string of the molecule is CCCc1nc(-c2cc3cccc(C)c3nc2Cl)no1. The quantitative estimate of drug-likeness (QED) is 0.678. The Hall–Kier alpha value is -1.94. The molecule has 2 aromatic heterocycles. The van der Waals surface area contributed by atoms with Gasteiger partial charge in [0.05, 0.1) is 11.1 Å². The minimum atomic E-state index is 0.399. The third kappa shape index (κ3) is 2.27. The van der Waals surface area contributed by atoms with E-state index in [0.29, 0.717) is 22.4 Å². The van der Waals surface area contributed by atoms with E-state index in [2.05, 4.69) is 22.0 Å². The number of hydrogen-bond donors (Lipinski definition) is 0. The van der Waals surface area contributed by atoms with Gasteiger partial charge in [-0.05, 0) is 25.0 Å². The van der Waals surface area contributed by atoms with Crippen molar-refractivity contribution in [1.82, 2.24) is 15.1 Å². The first-order valence-corrected chi connectivity index (χ1v) is 6.95. The van der Waals surface area contributed by atoms with Crippen molar-refractivity contribution in [2.75, 3.05) is 0 Å². The lowest BCUT2D eigenvalue weighted by Gasteiger charge is -2.04. The molecule has 0 bridgehead atoms. The molecule has 0 unspecified atom stereocenters. The van der Waals surface area contributed by atoms with E-state index in [1.54, 1.807) is 0 Å². The van der Waals surface area contributed by atoms with E-state index in [0.717, 1.165) is 29.3 Å². The van der Waals surface area contributed by atoms with E-state index in [1.165, 1.54) is 0 Å². The molecule has 0 aliphatic rings. The fourth-order valence-electron chi connectivity index (χ4n) is 2.16. The summed E-state index contributed by atoms with van der Waals surface area (Å²) in [6.45, 7) is 4.08. The molecule has 3 rings (SSSR count). The Morgan fingerprint density at radius 2 is 2.10 bits per heavy atom. The van der Waals surface area contributed by atoms with Gasteiger partial charge >= 0.3 is 0 Å². The van der Waals surface area contributed by atoms with Crippen LogP contribution in [-0.2, 0) is 6.42 Å². The second kappa shape index (κ2) is 5.21. The fraction of sp³-hybridized carbons (Fsp3) is 0.267. The maximum Gasteiger partial charge on any atom is 0.226 e. The molecule has 0 saturated carbocycles. The molecule has 3 aromatic rings. The number of pyridine rings is 1. The predicted octanol–water partition coefficient (Wildman–Crippen LogP) is 4.20. The fourth-order valence-corrected chi connectivity index (χ4v) is 2.38. The van der Waals surface area contributed by atoms with Crippen molar-refractivity contribution in [3.05, 3.63) is 40.9 Å². The van der Waals surface area contributed by atoms with Crippen LogP contribution in [0.2, 0.25) is 5.15 Å². The van der Waals surface area contributed by atoms with Gasteiger partial charge in [0.1, 0.15) is 5.15 Å². The smallest absolute Gasteiger partial charge is 0.226 e. The van der Waals surface area contributed by atoms with Gasteiger partial charge in [0.25, 0.3) is 0 Å². The highest BCUT2D eigenvalue weighted by Crippen LogP contribution is 2.29. The summed E-state index contributed by atoms with van der Waals surface area (Å²) in [6.07, 6.45) is 1.73. The largest absolute Gasteiger partial charge is 0.339 e. The zero-order chi connectivity index (χ0) is 14.1. The van der Waals surface area contributed by atoms with Gasteiger partial charge in [0, 0.05) is 11.8 Å². The van der Waals surface area contributed by atoms with Gasteiger partial charge in [-0.2, -0.15) is 4.98 Å². The number of fused-ring (bicyclic) bond motifs is 1. The van der Waals surface area contributed by atoms with Crippen molar-refractivity contribution in [3.63, 3.8) is 0 Å². The zero-order valence-electron chi connectivity index (χ0n) is 11.4. The predicted molar refractivity (Wildman–Crippen MR) is 78.8 cm³/mol. The number of benzene rings is 1. The summed E-state index contributed by atoms with van der Waals surface area (Å²) in [7, 11) is 0. The zero-order valence-corrected chi connectivity index (χ0v) is 12.1. The minimum Gasteiger partial charge on any atom is -0.339 e. The molecule has 0 spiro atoms. The highest BCUT2D eigenvalue weighted by atomic mass is 35.5. The molecule has 0 aliphatic heterocycles. The highest BCUT2D eigenvalue weighted by molar-refractivity contribution is 6.32. The third-order valence-corrected chi connectivity index (χ3v) is 3.46. The lowest BCUT2D eigenvalue weighted by atomic mass is 10.1. The first kappa shape index (κ1) is 13.1. The van der Waals surface area contributed by atoms with Crippen molar-refractivity contribution in [1.29, 1.82) is 0 Å². The maximum absolute atomic E-state index is 6.26. The summed E-state index contributed by atoms with van der Waals surface area (Å²) >= 11 is 6.26. The molecule has 0 radical (unpaired) electrons. The van der Waals surface area contributed by atoms with Crippen LogP contribution in [0, 0.1) is 6.92 Å². The molecule has 0 fully saturated rings. The van der Waals surface area contributed by atoms with Crippen LogP contribution in [0.4, 0.5) is 0 Å². The van der Waals surface area contributed by atoms with Crippen LogP contribution in [0.25, 0.3) is 22.3 Å². The topological polar surface area (TPSA) is 51.8 Å². The van der Waals surface area contributed by atoms with Gasteiger partial charge in [0.15, 0.2) is 0 Å². The number of hydrogen-bond acceptors (Lipinski definition) is 4. The number of halogens is 1. The first-order valence-electron chi connectivity index (χ1n) is 6.58. The van der Waals surface area contributed by atoms with Gasteiger partial charge in [-0.25, -0.2) is 4.98 Å². The van der Waals surface area contributed by atoms with E-state index < -0.39 is 0 Å². The standard InChI is InChI=1S/C15H14ClN3O/c1-3-5-12-17-15(19-20-12)11-8-10-7-4-6-9(2)13(10)18-14(11)16/h4,6-8H,3,5H2,1-2H3. The molecule has 4 nitrogen and oxygen atoms in total. The van der Waals surface area contributed by atoms with Gasteiger partial charge in [0.2, 0.25) is 11.7 Å². The maximum atomic E-state index is 6.26. The normalized spacial score (nSPS) is 11.2. The Morgan fingerprint density at radius 1 is 1.25 bits per heavy atom.